The van der Waals surface area contributed by atoms with Crippen LogP contribution < -0.4 is 15.1 Å². The number of nitrogens with zero attached hydrogens (tertiary/aromatic N) is 5. The predicted octanol–water partition coefficient (Wildman–Crippen LogP) is 3.07. The highest BCUT2D eigenvalue weighted by atomic mass is 16.1. The summed E-state index contributed by atoms with van der Waals surface area (Å²) in [7, 11) is 0. The smallest absolute Gasteiger partial charge is 0.276 e. The van der Waals surface area contributed by atoms with Crippen LogP contribution in [0.4, 0.5) is 17.3 Å². The average molecular weight is 388 g/mol. The van der Waals surface area contributed by atoms with Crippen molar-refractivity contribution >= 4 is 23.2 Å². The molecule has 1 aliphatic rings. The summed E-state index contributed by atoms with van der Waals surface area (Å²) in [5.41, 5.74) is 3.29. The third-order valence-corrected chi connectivity index (χ3v) is 5.31. The maximum Gasteiger partial charge on any atom is 0.276 e. The maximum absolute atomic E-state index is 12.5. The van der Waals surface area contributed by atoms with Gasteiger partial charge in [-0.25, -0.2) is 4.98 Å². The molecule has 0 aliphatic carbocycles. The van der Waals surface area contributed by atoms with Gasteiger partial charge in [0.1, 0.15) is 5.82 Å². The van der Waals surface area contributed by atoms with Gasteiger partial charge in [0.15, 0.2) is 11.5 Å². The average Bonchev–Trinajstić information content (AvgIpc) is 2.78. The summed E-state index contributed by atoms with van der Waals surface area (Å²) in [6.45, 7) is 7.41. The summed E-state index contributed by atoms with van der Waals surface area (Å²) in [6.07, 6.45) is 1.81. The molecule has 2 aromatic heterocycles. The molecule has 29 heavy (non-hydrogen) atoms. The molecule has 148 valence electrons. The van der Waals surface area contributed by atoms with E-state index in [2.05, 4.69) is 30.3 Å². The van der Waals surface area contributed by atoms with Gasteiger partial charge in [0.2, 0.25) is 0 Å². The Balaban J connectivity index is 1.38. The van der Waals surface area contributed by atoms with Crippen LogP contribution in [-0.4, -0.2) is 47.3 Å². The van der Waals surface area contributed by atoms with Gasteiger partial charge < -0.3 is 15.1 Å². The molecular formula is C22H24N6O. The van der Waals surface area contributed by atoms with Crippen LogP contribution in [0.15, 0.2) is 54.7 Å². The molecule has 3 heterocycles. The van der Waals surface area contributed by atoms with E-state index in [1.165, 1.54) is 0 Å². The Kier molecular flexibility index (Phi) is 5.37. The fraction of sp³-hybridized carbons (Fsp3) is 0.273. The minimum atomic E-state index is -0.252. The first kappa shape index (κ1) is 18.9. The Morgan fingerprint density at radius 3 is 2.28 bits per heavy atom. The molecule has 1 N–H and O–H groups in total. The van der Waals surface area contributed by atoms with Gasteiger partial charge in [0.25, 0.3) is 5.91 Å². The van der Waals surface area contributed by atoms with Gasteiger partial charge in [-0.3, -0.25) is 4.79 Å². The van der Waals surface area contributed by atoms with Gasteiger partial charge in [-0.2, -0.15) is 0 Å². The molecule has 1 aliphatic heterocycles. The lowest BCUT2D eigenvalue weighted by molar-refractivity contribution is 0.102. The van der Waals surface area contributed by atoms with Crippen molar-refractivity contribution in [2.75, 3.05) is 41.3 Å². The second kappa shape index (κ2) is 8.26. The molecular weight excluding hydrogens is 364 g/mol. The number of aromatic nitrogens is 3. The highest BCUT2D eigenvalue weighted by Gasteiger charge is 2.20. The Labute approximate surface area is 170 Å². The zero-order valence-electron chi connectivity index (χ0n) is 16.7. The lowest BCUT2D eigenvalue weighted by Gasteiger charge is -2.35. The van der Waals surface area contributed by atoms with Crippen molar-refractivity contribution < 1.29 is 4.79 Å². The van der Waals surface area contributed by atoms with E-state index in [0.29, 0.717) is 5.69 Å². The molecule has 0 atom stereocenters. The van der Waals surface area contributed by atoms with E-state index in [4.69, 9.17) is 0 Å². The van der Waals surface area contributed by atoms with Crippen LogP contribution in [0.2, 0.25) is 0 Å². The monoisotopic (exact) mass is 388 g/mol. The third kappa shape index (κ3) is 4.18. The molecule has 0 unspecified atom stereocenters. The van der Waals surface area contributed by atoms with E-state index in [1.807, 2.05) is 62.5 Å². The lowest BCUT2D eigenvalue weighted by atomic mass is 10.1. The number of nitrogens with one attached hydrogen (secondary N) is 1. The largest absolute Gasteiger partial charge is 0.353 e. The molecule has 0 bridgehead atoms. The van der Waals surface area contributed by atoms with Crippen LogP contribution in [0.25, 0.3) is 0 Å². The number of hydrogen-bond acceptors (Lipinski definition) is 6. The molecule has 0 spiro atoms. The number of aryl methyl sites for hydroxylation is 1. The fourth-order valence-corrected chi connectivity index (χ4v) is 3.39. The highest BCUT2D eigenvalue weighted by molar-refractivity contribution is 6.03. The summed E-state index contributed by atoms with van der Waals surface area (Å²) < 4.78 is 0. The van der Waals surface area contributed by atoms with Crippen molar-refractivity contribution in [2.45, 2.75) is 13.8 Å². The first-order valence-corrected chi connectivity index (χ1v) is 9.74. The van der Waals surface area contributed by atoms with E-state index in [-0.39, 0.29) is 5.91 Å². The van der Waals surface area contributed by atoms with Crippen molar-refractivity contribution in [3.8, 4) is 0 Å². The number of carbonyl (C=O) groups excluding carboxylic acids is 1. The summed E-state index contributed by atoms with van der Waals surface area (Å²) in [4.78, 5) is 21.4. The Morgan fingerprint density at radius 2 is 1.62 bits per heavy atom. The van der Waals surface area contributed by atoms with E-state index in [1.54, 1.807) is 6.07 Å². The summed E-state index contributed by atoms with van der Waals surface area (Å²) in [5, 5.41) is 11.4. The molecule has 7 nitrogen and oxygen atoms in total. The van der Waals surface area contributed by atoms with Crippen molar-refractivity contribution in [1.82, 2.24) is 15.2 Å². The number of hydrogen-bond donors (Lipinski definition) is 1. The van der Waals surface area contributed by atoms with E-state index in [9.17, 15) is 4.79 Å². The first-order valence-electron chi connectivity index (χ1n) is 9.74. The standard InChI is InChI=1S/C22H24N6O/c1-16-6-5-7-18(17(16)2)24-22(29)19-9-10-21(26-25-19)28-14-12-27(13-15-28)20-8-3-4-11-23-20/h3-11H,12-15H2,1-2H3,(H,24,29). The first-order chi connectivity index (χ1) is 14.1. The van der Waals surface area contributed by atoms with Gasteiger partial charge >= 0.3 is 0 Å². The molecule has 4 rings (SSSR count). The number of pyridine rings is 1. The van der Waals surface area contributed by atoms with Gasteiger partial charge in [0.05, 0.1) is 0 Å². The maximum atomic E-state index is 12.5. The quantitative estimate of drug-likeness (QED) is 0.740. The fourth-order valence-electron chi connectivity index (χ4n) is 3.39. The summed E-state index contributed by atoms with van der Waals surface area (Å²) in [5.74, 6) is 1.53. The second-order valence-corrected chi connectivity index (χ2v) is 7.14. The van der Waals surface area contributed by atoms with Crippen LogP contribution >= 0.6 is 0 Å². The van der Waals surface area contributed by atoms with Crippen molar-refractivity contribution in [1.29, 1.82) is 0 Å². The molecule has 1 aromatic carbocycles. The third-order valence-electron chi connectivity index (χ3n) is 5.31. The van der Waals surface area contributed by atoms with Crippen LogP contribution in [0.1, 0.15) is 21.6 Å². The number of rotatable bonds is 4. The normalized spacial score (nSPS) is 14.0. The van der Waals surface area contributed by atoms with Crippen molar-refractivity contribution in [3.05, 3.63) is 71.5 Å². The number of benzene rings is 1. The van der Waals surface area contributed by atoms with Crippen LogP contribution in [0.3, 0.4) is 0 Å². The van der Waals surface area contributed by atoms with Gasteiger partial charge in [-0.15, -0.1) is 10.2 Å². The SMILES string of the molecule is Cc1cccc(NC(=O)c2ccc(N3CCN(c4ccccn4)CC3)nn2)c1C. The summed E-state index contributed by atoms with van der Waals surface area (Å²) in [6, 6.07) is 15.4. The molecule has 0 radical (unpaired) electrons. The Morgan fingerprint density at radius 1 is 0.862 bits per heavy atom. The minimum Gasteiger partial charge on any atom is -0.353 e. The lowest BCUT2D eigenvalue weighted by Crippen LogP contribution is -2.47. The van der Waals surface area contributed by atoms with Gasteiger partial charge in [0, 0.05) is 38.1 Å². The highest BCUT2D eigenvalue weighted by Crippen LogP contribution is 2.20. The van der Waals surface area contributed by atoms with Crippen LogP contribution in [0.5, 0.6) is 0 Å². The Bertz CT molecular complexity index is 982. The molecule has 1 amide bonds. The predicted molar refractivity (Wildman–Crippen MR) is 115 cm³/mol. The van der Waals surface area contributed by atoms with Gasteiger partial charge in [-0.05, 0) is 55.3 Å². The molecule has 0 saturated carbocycles. The summed E-state index contributed by atoms with van der Waals surface area (Å²) >= 11 is 0. The minimum absolute atomic E-state index is 0.252. The molecule has 7 heteroatoms. The van der Waals surface area contributed by atoms with Crippen molar-refractivity contribution in [2.24, 2.45) is 0 Å². The van der Waals surface area contributed by atoms with Crippen LogP contribution in [-0.2, 0) is 0 Å². The zero-order chi connectivity index (χ0) is 20.2. The van der Waals surface area contributed by atoms with E-state index < -0.39 is 0 Å². The number of piperazine rings is 1. The number of anilines is 3. The van der Waals surface area contributed by atoms with Gasteiger partial charge in [-0.1, -0.05) is 18.2 Å². The Hall–Kier alpha value is -3.48. The van der Waals surface area contributed by atoms with Crippen LogP contribution in [0, 0.1) is 13.8 Å². The van der Waals surface area contributed by atoms with E-state index >= 15 is 0 Å². The van der Waals surface area contributed by atoms with E-state index in [0.717, 1.165) is 54.6 Å². The second-order valence-electron chi connectivity index (χ2n) is 7.14. The molecule has 3 aromatic rings. The zero-order valence-corrected chi connectivity index (χ0v) is 16.7. The number of carbonyl (C=O) groups is 1. The molecule has 1 fully saturated rings. The van der Waals surface area contributed by atoms with Crippen molar-refractivity contribution in [3.63, 3.8) is 0 Å². The topological polar surface area (TPSA) is 74.2 Å². The number of amides is 1. The molecule has 1 saturated heterocycles.